The van der Waals surface area contributed by atoms with Crippen molar-refractivity contribution in [2.24, 2.45) is 5.92 Å². The maximum absolute atomic E-state index is 15.2. The first-order valence-corrected chi connectivity index (χ1v) is 14.2. The molecule has 2 nitrogen and oxygen atoms in total. The summed E-state index contributed by atoms with van der Waals surface area (Å²) in [5.74, 6) is -0.920. The van der Waals surface area contributed by atoms with E-state index in [1.807, 2.05) is 31.2 Å². The zero-order valence-corrected chi connectivity index (χ0v) is 22.3. The maximum atomic E-state index is 15.2. The minimum Gasteiger partial charge on any atom is -0.491 e. The Morgan fingerprint density at radius 1 is 0.811 bits per heavy atom. The molecule has 2 aromatic carbocycles. The van der Waals surface area contributed by atoms with Crippen molar-refractivity contribution in [1.82, 2.24) is 0 Å². The van der Waals surface area contributed by atoms with E-state index in [0.29, 0.717) is 23.7 Å². The van der Waals surface area contributed by atoms with Gasteiger partial charge in [0.1, 0.15) is 0 Å². The average Bonchev–Trinajstić information content (AvgIpc) is 2.91. The lowest BCUT2D eigenvalue weighted by Crippen LogP contribution is -2.22. The van der Waals surface area contributed by atoms with Crippen molar-refractivity contribution in [3.63, 3.8) is 0 Å². The molecular formula is C32H41F3O2. The predicted molar refractivity (Wildman–Crippen MR) is 144 cm³/mol. The van der Waals surface area contributed by atoms with Crippen LogP contribution in [0.1, 0.15) is 107 Å². The van der Waals surface area contributed by atoms with Gasteiger partial charge in [-0.05, 0) is 111 Å². The van der Waals surface area contributed by atoms with Gasteiger partial charge in [0.15, 0.2) is 23.2 Å². The zero-order chi connectivity index (χ0) is 26.2. The van der Waals surface area contributed by atoms with Crippen LogP contribution in [0.2, 0.25) is 0 Å². The van der Waals surface area contributed by atoms with E-state index in [9.17, 15) is 4.39 Å². The summed E-state index contributed by atoms with van der Waals surface area (Å²) in [6, 6.07) is 8.66. The van der Waals surface area contributed by atoms with E-state index in [2.05, 4.69) is 13.0 Å². The van der Waals surface area contributed by atoms with Gasteiger partial charge in [0.05, 0.1) is 12.7 Å². The van der Waals surface area contributed by atoms with Crippen molar-refractivity contribution in [3.8, 4) is 5.75 Å². The van der Waals surface area contributed by atoms with Crippen molar-refractivity contribution in [2.45, 2.75) is 96.0 Å². The SMILES string of the molecule is CCCCOC1CCC(c2ccc(C3CCC(/C=C/c4ccc(OCC)c(F)c4)CC3)c(F)c2F)CC1. The second-order valence-corrected chi connectivity index (χ2v) is 10.7. The summed E-state index contributed by atoms with van der Waals surface area (Å²) in [7, 11) is 0. The summed E-state index contributed by atoms with van der Waals surface area (Å²) in [4.78, 5) is 0. The van der Waals surface area contributed by atoms with Crippen LogP contribution in [0.4, 0.5) is 13.2 Å². The molecule has 37 heavy (non-hydrogen) atoms. The van der Waals surface area contributed by atoms with Crippen LogP contribution in [0, 0.1) is 23.4 Å². The van der Waals surface area contributed by atoms with Crippen LogP contribution in [0.25, 0.3) is 6.08 Å². The molecule has 202 valence electrons. The van der Waals surface area contributed by atoms with Crippen LogP contribution in [-0.4, -0.2) is 19.3 Å². The Morgan fingerprint density at radius 3 is 2.00 bits per heavy atom. The predicted octanol–water partition coefficient (Wildman–Crippen LogP) is 9.33. The molecule has 5 heteroatoms. The highest BCUT2D eigenvalue weighted by Crippen LogP contribution is 2.41. The third-order valence-corrected chi connectivity index (χ3v) is 8.14. The lowest BCUT2D eigenvalue weighted by Gasteiger charge is -2.30. The average molecular weight is 515 g/mol. The van der Waals surface area contributed by atoms with Gasteiger partial charge in [0.25, 0.3) is 0 Å². The van der Waals surface area contributed by atoms with Crippen LogP contribution in [-0.2, 0) is 4.74 Å². The van der Waals surface area contributed by atoms with Gasteiger partial charge in [-0.3, -0.25) is 0 Å². The molecule has 2 aliphatic carbocycles. The van der Waals surface area contributed by atoms with Crippen LogP contribution < -0.4 is 4.74 Å². The highest BCUT2D eigenvalue weighted by atomic mass is 19.2. The topological polar surface area (TPSA) is 18.5 Å². The number of allylic oxidation sites excluding steroid dienone is 1. The van der Waals surface area contributed by atoms with Crippen LogP contribution in [0.15, 0.2) is 36.4 Å². The maximum Gasteiger partial charge on any atom is 0.165 e. The van der Waals surface area contributed by atoms with Gasteiger partial charge < -0.3 is 9.47 Å². The Labute approximate surface area is 220 Å². The fraction of sp³-hybridized carbons (Fsp3) is 0.562. The second kappa shape index (κ2) is 13.5. The van der Waals surface area contributed by atoms with Crippen molar-refractivity contribution in [3.05, 3.63) is 70.5 Å². The number of hydrogen-bond acceptors (Lipinski definition) is 2. The van der Waals surface area contributed by atoms with Gasteiger partial charge in [-0.1, -0.05) is 43.7 Å². The molecular weight excluding hydrogens is 473 g/mol. The molecule has 0 N–H and O–H groups in total. The minimum atomic E-state index is -0.650. The molecule has 2 aromatic rings. The number of benzene rings is 2. The van der Waals surface area contributed by atoms with E-state index in [-0.39, 0.29) is 29.5 Å². The molecule has 0 spiro atoms. The molecule has 2 aliphatic rings. The standard InChI is InChI=1S/C32H41F3O2/c1-3-5-20-37-26-15-13-25(14-16-26)28-18-17-27(31(34)32(28)35)24-11-8-22(9-12-24)6-7-23-10-19-30(36-4-2)29(33)21-23/h6-7,10,17-19,21-22,24-26H,3-5,8-9,11-16,20H2,1-2H3/b7-6+. The monoisotopic (exact) mass is 514 g/mol. The molecule has 0 saturated heterocycles. The van der Waals surface area contributed by atoms with E-state index in [0.717, 1.165) is 76.4 Å². The van der Waals surface area contributed by atoms with Gasteiger partial charge in [-0.2, -0.15) is 0 Å². The molecule has 2 saturated carbocycles. The van der Waals surface area contributed by atoms with Gasteiger partial charge >= 0.3 is 0 Å². The van der Waals surface area contributed by atoms with Crippen molar-refractivity contribution in [2.75, 3.05) is 13.2 Å². The Kier molecular flexibility index (Phi) is 10.1. The van der Waals surface area contributed by atoms with Gasteiger partial charge in [-0.15, -0.1) is 0 Å². The smallest absolute Gasteiger partial charge is 0.165 e. The van der Waals surface area contributed by atoms with Gasteiger partial charge in [0, 0.05) is 6.61 Å². The van der Waals surface area contributed by atoms with Crippen LogP contribution in [0.3, 0.4) is 0 Å². The fourth-order valence-electron chi connectivity index (χ4n) is 5.91. The van der Waals surface area contributed by atoms with E-state index in [1.165, 1.54) is 6.07 Å². The minimum absolute atomic E-state index is 0.0406. The third kappa shape index (κ3) is 7.19. The van der Waals surface area contributed by atoms with E-state index in [4.69, 9.17) is 9.47 Å². The van der Waals surface area contributed by atoms with Crippen molar-refractivity contribution in [1.29, 1.82) is 0 Å². The second-order valence-electron chi connectivity index (χ2n) is 10.7. The van der Waals surface area contributed by atoms with Crippen LogP contribution >= 0.6 is 0 Å². The molecule has 0 heterocycles. The summed E-state index contributed by atoms with van der Waals surface area (Å²) in [5.41, 5.74) is 1.86. The largest absolute Gasteiger partial charge is 0.491 e. The Morgan fingerprint density at radius 2 is 1.43 bits per heavy atom. The summed E-state index contributed by atoms with van der Waals surface area (Å²) in [6.07, 6.45) is 13.5. The molecule has 4 rings (SSSR count). The number of hydrogen-bond donors (Lipinski definition) is 0. The first kappa shape index (κ1) is 27.8. The lowest BCUT2D eigenvalue weighted by molar-refractivity contribution is 0.0230. The van der Waals surface area contributed by atoms with Crippen molar-refractivity contribution < 1.29 is 22.6 Å². The van der Waals surface area contributed by atoms with Crippen molar-refractivity contribution >= 4 is 6.08 Å². The normalized spacial score (nSPS) is 24.5. The molecule has 2 fully saturated rings. The summed E-state index contributed by atoms with van der Waals surface area (Å²) >= 11 is 0. The Balaban J connectivity index is 1.31. The van der Waals surface area contributed by atoms with E-state index >= 15 is 8.78 Å². The number of rotatable bonds is 10. The molecule has 0 atom stereocenters. The lowest BCUT2D eigenvalue weighted by atomic mass is 9.77. The molecule has 0 amide bonds. The Hall–Kier alpha value is -2.27. The fourth-order valence-corrected chi connectivity index (χ4v) is 5.91. The summed E-state index contributed by atoms with van der Waals surface area (Å²) in [6.45, 7) is 5.20. The molecule has 0 aliphatic heterocycles. The highest BCUT2D eigenvalue weighted by molar-refractivity contribution is 5.51. The molecule has 0 bridgehead atoms. The molecule has 0 radical (unpaired) electrons. The van der Waals surface area contributed by atoms with Gasteiger partial charge in [0.2, 0.25) is 0 Å². The van der Waals surface area contributed by atoms with E-state index in [1.54, 1.807) is 6.07 Å². The first-order chi connectivity index (χ1) is 18.0. The third-order valence-electron chi connectivity index (χ3n) is 8.14. The first-order valence-electron chi connectivity index (χ1n) is 14.2. The van der Waals surface area contributed by atoms with Gasteiger partial charge in [-0.25, -0.2) is 13.2 Å². The van der Waals surface area contributed by atoms with Crippen LogP contribution in [0.5, 0.6) is 5.75 Å². The number of ether oxygens (including phenoxy) is 2. The Bertz CT molecular complexity index is 1030. The summed E-state index contributed by atoms with van der Waals surface area (Å²) < 4.78 is 55.7. The molecule has 0 unspecified atom stereocenters. The molecule has 0 aromatic heterocycles. The summed E-state index contributed by atoms with van der Waals surface area (Å²) in [5, 5.41) is 0. The van der Waals surface area contributed by atoms with E-state index < -0.39 is 11.6 Å². The quantitative estimate of drug-likeness (QED) is 0.294. The number of halogens is 3. The number of unbranched alkanes of at least 4 members (excludes halogenated alkanes) is 1. The highest BCUT2D eigenvalue weighted by Gasteiger charge is 2.29. The zero-order valence-electron chi connectivity index (χ0n) is 22.3.